The van der Waals surface area contributed by atoms with E-state index in [4.69, 9.17) is 9.47 Å². The standard InChI is InChI=1S/C27H30N2O5/c1-33-16-21(27(31)32)28-26(30)18-11-12-19-22(15-18)29-13-14-34-23-10-6-5-9-20(23)25(29)24(19)17-7-3-2-4-8-17/h5-6,9-12,15,17,21H,2-4,7-8,13-14,16H2,1H3,(H,28,30)(H,31,32). The summed E-state index contributed by atoms with van der Waals surface area (Å²) in [5, 5.41) is 13.1. The first kappa shape index (κ1) is 22.5. The van der Waals surface area contributed by atoms with Crippen LogP contribution in [0.25, 0.3) is 22.2 Å². The Balaban J connectivity index is 1.64. The minimum atomic E-state index is -1.12. The van der Waals surface area contributed by atoms with E-state index < -0.39 is 17.9 Å². The average Bonchev–Trinajstić information content (AvgIpc) is 3.05. The molecule has 1 aliphatic heterocycles. The van der Waals surface area contributed by atoms with E-state index in [1.807, 2.05) is 30.3 Å². The van der Waals surface area contributed by atoms with Gasteiger partial charge in [0.05, 0.1) is 18.8 Å². The summed E-state index contributed by atoms with van der Waals surface area (Å²) < 4.78 is 13.3. The van der Waals surface area contributed by atoms with Crippen molar-refractivity contribution in [3.05, 3.63) is 53.6 Å². The number of aromatic nitrogens is 1. The predicted molar refractivity (Wildman–Crippen MR) is 129 cm³/mol. The van der Waals surface area contributed by atoms with Gasteiger partial charge in [0.2, 0.25) is 0 Å². The molecule has 5 rings (SSSR count). The van der Waals surface area contributed by atoms with Crippen molar-refractivity contribution in [3.8, 4) is 17.0 Å². The van der Waals surface area contributed by atoms with E-state index >= 15 is 0 Å². The van der Waals surface area contributed by atoms with Crippen LogP contribution in [0, 0.1) is 0 Å². The average molecular weight is 463 g/mol. The summed E-state index contributed by atoms with van der Waals surface area (Å²) in [7, 11) is 1.41. The van der Waals surface area contributed by atoms with Gasteiger partial charge in [-0.25, -0.2) is 4.79 Å². The third kappa shape index (κ3) is 4.05. The summed E-state index contributed by atoms with van der Waals surface area (Å²) in [6.45, 7) is 1.13. The highest BCUT2D eigenvalue weighted by atomic mass is 16.5. The lowest BCUT2D eigenvalue weighted by molar-refractivity contribution is -0.140. The van der Waals surface area contributed by atoms with Crippen molar-refractivity contribution in [2.45, 2.75) is 50.6 Å². The van der Waals surface area contributed by atoms with E-state index in [0.717, 1.165) is 29.7 Å². The second-order valence-electron chi connectivity index (χ2n) is 9.15. The minimum Gasteiger partial charge on any atom is -0.491 e. The molecular weight excluding hydrogens is 432 g/mol. The molecule has 1 saturated carbocycles. The molecule has 178 valence electrons. The lowest BCUT2D eigenvalue weighted by Gasteiger charge is -2.23. The van der Waals surface area contributed by atoms with Crippen LogP contribution in [-0.4, -0.2) is 47.9 Å². The van der Waals surface area contributed by atoms with Gasteiger partial charge < -0.3 is 24.5 Å². The second kappa shape index (κ2) is 9.50. The van der Waals surface area contributed by atoms with E-state index in [0.29, 0.717) is 24.6 Å². The highest BCUT2D eigenvalue weighted by Crippen LogP contribution is 2.47. The Labute approximate surface area is 198 Å². The zero-order valence-corrected chi connectivity index (χ0v) is 19.4. The number of methoxy groups -OCH3 is 1. The topological polar surface area (TPSA) is 89.8 Å². The van der Waals surface area contributed by atoms with Crippen molar-refractivity contribution < 1.29 is 24.2 Å². The van der Waals surface area contributed by atoms with E-state index in [1.54, 1.807) is 6.07 Å². The number of carbonyl (C=O) groups is 2. The van der Waals surface area contributed by atoms with Gasteiger partial charge in [0, 0.05) is 29.1 Å². The lowest BCUT2D eigenvalue weighted by atomic mass is 9.81. The normalized spacial score (nSPS) is 16.7. The maximum Gasteiger partial charge on any atom is 0.328 e. The van der Waals surface area contributed by atoms with Gasteiger partial charge >= 0.3 is 5.97 Å². The molecule has 1 aromatic heterocycles. The molecule has 1 aliphatic carbocycles. The highest BCUT2D eigenvalue weighted by molar-refractivity contribution is 6.02. The Hall–Kier alpha value is -3.32. The number of aliphatic carboxylic acids is 1. The summed E-state index contributed by atoms with van der Waals surface area (Å²) in [4.78, 5) is 24.4. The molecule has 2 heterocycles. The Morgan fingerprint density at radius 3 is 2.74 bits per heavy atom. The number of para-hydroxylation sites is 1. The fourth-order valence-electron chi connectivity index (χ4n) is 5.46. The van der Waals surface area contributed by atoms with Gasteiger partial charge in [0.25, 0.3) is 5.91 Å². The Bertz CT molecular complexity index is 1230. The largest absolute Gasteiger partial charge is 0.491 e. The van der Waals surface area contributed by atoms with E-state index in [1.165, 1.54) is 43.0 Å². The molecule has 0 saturated heterocycles. The smallest absolute Gasteiger partial charge is 0.328 e. The quantitative estimate of drug-likeness (QED) is 0.560. The number of carboxylic acids is 1. The van der Waals surface area contributed by atoms with Crippen LogP contribution in [0.2, 0.25) is 0 Å². The van der Waals surface area contributed by atoms with Gasteiger partial charge in [0.1, 0.15) is 12.4 Å². The van der Waals surface area contributed by atoms with Crippen molar-refractivity contribution >= 4 is 22.8 Å². The molecule has 1 unspecified atom stereocenters. The summed E-state index contributed by atoms with van der Waals surface area (Å²) in [6.07, 6.45) is 6.06. The van der Waals surface area contributed by atoms with Crippen LogP contribution in [0.4, 0.5) is 0 Å². The Morgan fingerprint density at radius 2 is 1.97 bits per heavy atom. The van der Waals surface area contributed by atoms with Gasteiger partial charge in [-0.2, -0.15) is 0 Å². The van der Waals surface area contributed by atoms with Gasteiger partial charge in [-0.05, 0) is 48.6 Å². The monoisotopic (exact) mass is 462 g/mol. The molecule has 7 nitrogen and oxygen atoms in total. The number of nitrogens with one attached hydrogen (secondary N) is 1. The number of carboxylic acid groups (broad SMARTS) is 1. The molecular formula is C27H30N2O5. The van der Waals surface area contributed by atoms with Crippen molar-refractivity contribution in [1.82, 2.24) is 9.88 Å². The molecule has 2 N–H and O–H groups in total. The summed E-state index contributed by atoms with van der Waals surface area (Å²) >= 11 is 0. The number of carbonyl (C=O) groups excluding carboxylic acids is 1. The number of nitrogens with zero attached hydrogens (tertiary/aromatic N) is 1. The minimum absolute atomic E-state index is 0.0935. The number of ether oxygens (including phenoxy) is 2. The fourth-order valence-corrected chi connectivity index (χ4v) is 5.46. The number of hydrogen-bond donors (Lipinski definition) is 2. The first-order valence-electron chi connectivity index (χ1n) is 12.0. The van der Waals surface area contributed by atoms with Crippen LogP contribution >= 0.6 is 0 Å². The van der Waals surface area contributed by atoms with Crippen LogP contribution in [-0.2, 0) is 16.1 Å². The van der Waals surface area contributed by atoms with Crippen molar-refractivity contribution in [2.24, 2.45) is 0 Å². The van der Waals surface area contributed by atoms with Crippen molar-refractivity contribution in [3.63, 3.8) is 0 Å². The van der Waals surface area contributed by atoms with Crippen LogP contribution in [0.15, 0.2) is 42.5 Å². The zero-order chi connectivity index (χ0) is 23.7. The van der Waals surface area contributed by atoms with Gasteiger partial charge in [-0.15, -0.1) is 0 Å². The van der Waals surface area contributed by atoms with Gasteiger partial charge in [-0.1, -0.05) is 37.5 Å². The second-order valence-corrected chi connectivity index (χ2v) is 9.15. The van der Waals surface area contributed by atoms with E-state index in [-0.39, 0.29) is 6.61 Å². The van der Waals surface area contributed by atoms with Crippen LogP contribution < -0.4 is 10.1 Å². The zero-order valence-electron chi connectivity index (χ0n) is 19.4. The molecule has 0 bridgehead atoms. The summed E-state index contributed by atoms with van der Waals surface area (Å²) in [6, 6.07) is 12.8. The molecule has 2 aromatic carbocycles. The predicted octanol–water partition coefficient (Wildman–Crippen LogP) is 4.58. The number of benzene rings is 2. The molecule has 7 heteroatoms. The van der Waals surface area contributed by atoms with E-state index in [2.05, 4.69) is 16.0 Å². The third-order valence-electron chi connectivity index (χ3n) is 7.03. The van der Waals surface area contributed by atoms with Crippen LogP contribution in [0.1, 0.15) is 53.9 Å². The molecule has 2 aliphatic rings. The van der Waals surface area contributed by atoms with Gasteiger partial charge in [0.15, 0.2) is 6.04 Å². The van der Waals surface area contributed by atoms with Gasteiger partial charge in [-0.3, -0.25) is 4.79 Å². The summed E-state index contributed by atoms with van der Waals surface area (Å²) in [5.41, 5.74) is 5.05. The fraction of sp³-hybridized carbons (Fsp3) is 0.407. The summed E-state index contributed by atoms with van der Waals surface area (Å²) in [5.74, 6) is -0.188. The maximum atomic E-state index is 13.0. The number of hydrogen-bond acceptors (Lipinski definition) is 4. The third-order valence-corrected chi connectivity index (χ3v) is 7.03. The number of fused-ring (bicyclic) bond motifs is 5. The molecule has 34 heavy (non-hydrogen) atoms. The highest BCUT2D eigenvalue weighted by Gasteiger charge is 2.29. The molecule has 1 amide bonds. The van der Waals surface area contributed by atoms with E-state index in [9.17, 15) is 14.7 Å². The molecule has 1 fully saturated rings. The lowest BCUT2D eigenvalue weighted by Crippen LogP contribution is -2.43. The molecule has 1 atom stereocenters. The molecule has 0 radical (unpaired) electrons. The molecule has 0 spiro atoms. The van der Waals surface area contributed by atoms with Crippen molar-refractivity contribution in [1.29, 1.82) is 0 Å². The first-order valence-corrected chi connectivity index (χ1v) is 12.0. The molecule has 3 aromatic rings. The van der Waals surface area contributed by atoms with Crippen LogP contribution in [0.3, 0.4) is 0 Å². The number of amides is 1. The van der Waals surface area contributed by atoms with Crippen LogP contribution in [0.5, 0.6) is 5.75 Å². The maximum absolute atomic E-state index is 13.0. The Kier molecular flexibility index (Phi) is 6.28. The SMILES string of the molecule is COCC(NC(=O)c1ccc2c(C3CCCCC3)c3n(c2c1)CCOc1ccccc1-3)C(=O)O. The first-order chi connectivity index (χ1) is 16.6. The van der Waals surface area contributed by atoms with Crippen molar-refractivity contribution in [2.75, 3.05) is 20.3 Å². The Morgan fingerprint density at radius 1 is 1.18 bits per heavy atom. The number of rotatable bonds is 6.